The first-order chi connectivity index (χ1) is 16.5. The molecule has 0 fully saturated rings. The maximum Gasteiger partial charge on any atom is 0.418 e. The number of carbonyl (C=O) groups excluding carboxylic acids is 3. The van der Waals surface area contributed by atoms with Crippen LogP contribution in [0.2, 0.25) is 0 Å². The van der Waals surface area contributed by atoms with Gasteiger partial charge >= 0.3 is 18.0 Å². The van der Waals surface area contributed by atoms with Crippen LogP contribution in [0.25, 0.3) is 0 Å². The van der Waals surface area contributed by atoms with Crippen molar-refractivity contribution in [1.29, 1.82) is 0 Å². The normalized spacial score (nSPS) is 12.1. The zero-order chi connectivity index (χ0) is 26.0. The number of alkyl halides is 3. The lowest BCUT2D eigenvalue weighted by Crippen LogP contribution is -2.41. The van der Waals surface area contributed by atoms with Crippen molar-refractivity contribution < 1.29 is 37.0 Å². The Hall–Kier alpha value is -4.09. The van der Waals surface area contributed by atoms with Crippen LogP contribution in [-0.2, 0) is 20.6 Å². The van der Waals surface area contributed by atoms with Gasteiger partial charge in [0.25, 0.3) is 5.91 Å². The first-order valence-corrected chi connectivity index (χ1v) is 10.5. The summed E-state index contributed by atoms with van der Waals surface area (Å²) in [6.07, 6.45) is -2.69. The van der Waals surface area contributed by atoms with Gasteiger partial charge in [0.05, 0.1) is 24.6 Å². The highest BCUT2D eigenvalue weighted by Crippen LogP contribution is 2.34. The number of methoxy groups -OCH3 is 1. The van der Waals surface area contributed by atoms with E-state index in [0.29, 0.717) is 12.0 Å². The zero-order valence-corrected chi connectivity index (χ0v) is 19.2. The van der Waals surface area contributed by atoms with Gasteiger partial charge in [-0.05, 0) is 49.2 Å². The molecule has 0 saturated carbocycles. The molecule has 12 heteroatoms. The van der Waals surface area contributed by atoms with Gasteiger partial charge in [0.2, 0.25) is 0 Å². The van der Waals surface area contributed by atoms with Crippen molar-refractivity contribution >= 4 is 29.6 Å². The Balaban J connectivity index is 1.97. The molecule has 188 valence electrons. The molecule has 0 heterocycles. The Morgan fingerprint density at radius 3 is 2.46 bits per heavy atom. The third-order valence-electron chi connectivity index (χ3n) is 4.63. The van der Waals surface area contributed by atoms with E-state index in [-0.39, 0.29) is 23.2 Å². The number of anilines is 1. The highest BCUT2D eigenvalue weighted by Gasteiger charge is 2.33. The van der Waals surface area contributed by atoms with Crippen molar-refractivity contribution in [1.82, 2.24) is 10.7 Å². The molecule has 2 aromatic rings. The quantitative estimate of drug-likeness (QED) is 0.281. The minimum absolute atomic E-state index is 0.154. The molecule has 0 aliphatic carbocycles. The van der Waals surface area contributed by atoms with Gasteiger partial charge in [-0.25, -0.2) is 5.43 Å². The molecule has 0 aliphatic rings. The summed E-state index contributed by atoms with van der Waals surface area (Å²) in [6, 6.07) is 8.91. The second-order valence-corrected chi connectivity index (χ2v) is 7.27. The fourth-order valence-electron chi connectivity index (χ4n) is 2.66. The maximum absolute atomic E-state index is 13.1. The molecule has 3 N–H and O–H groups in total. The van der Waals surface area contributed by atoms with Crippen molar-refractivity contribution in [2.75, 3.05) is 19.0 Å². The van der Waals surface area contributed by atoms with Gasteiger partial charge in [-0.3, -0.25) is 14.4 Å². The molecule has 1 atom stereocenters. The predicted molar refractivity (Wildman–Crippen MR) is 122 cm³/mol. The van der Waals surface area contributed by atoms with Crippen LogP contribution in [0.4, 0.5) is 18.9 Å². The van der Waals surface area contributed by atoms with E-state index >= 15 is 0 Å². The number of nitrogens with zero attached hydrogens (tertiary/aromatic N) is 1. The van der Waals surface area contributed by atoms with Gasteiger partial charge < -0.3 is 20.1 Å². The monoisotopic (exact) mass is 494 g/mol. The average Bonchev–Trinajstić information content (AvgIpc) is 2.82. The summed E-state index contributed by atoms with van der Waals surface area (Å²) in [5, 5.41) is 8.40. The second-order valence-electron chi connectivity index (χ2n) is 7.27. The summed E-state index contributed by atoms with van der Waals surface area (Å²) in [5.41, 5.74) is 1.22. The van der Waals surface area contributed by atoms with E-state index in [9.17, 15) is 27.6 Å². The van der Waals surface area contributed by atoms with Gasteiger partial charge in [-0.2, -0.15) is 18.3 Å². The van der Waals surface area contributed by atoms with Crippen molar-refractivity contribution in [2.24, 2.45) is 5.10 Å². The highest BCUT2D eigenvalue weighted by atomic mass is 19.4. The molecule has 2 rings (SSSR count). The van der Waals surface area contributed by atoms with Crippen LogP contribution in [-0.4, -0.2) is 43.7 Å². The number of hydrogen-bond donors (Lipinski definition) is 3. The number of amides is 3. The molecule has 9 nitrogen and oxygen atoms in total. The Kier molecular flexibility index (Phi) is 9.62. The van der Waals surface area contributed by atoms with Crippen LogP contribution in [0.1, 0.15) is 31.4 Å². The number of nitrogens with one attached hydrogen (secondary N) is 3. The summed E-state index contributed by atoms with van der Waals surface area (Å²) in [5.74, 6) is -2.17. The van der Waals surface area contributed by atoms with E-state index in [1.807, 2.05) is 6.92 Å². The molecule has 0 bridgehead atoms. The van der Waals surface area contributed by atoms with Gasteiger partial charge in [-0.15, -0.1) is 0 Å². The van der Waals surface area contributed by atoms with E-state index in [1.165, 1.54) is 43.7 Å². The second kappa shape index (κ2) is 12.4. The topological polar surface area (TPSA) is 118 Å². The molecular weight excluding hydrogens is 469 g/mol. The molecule has 0 aliphatic heterocycles. The van der Waals surface area contributed by atoms with Crippen LogP contribution < -0.4 is 25.5 Å². The molecule has 0 spiro atoms. The van der Waals surface area contributed by atoms with Gasteiger partial charge in [-0.1, -0.05) is 19.1 Å². The van der Waals surface area contributed by atoms with Crippen molar-refractivity contribution in [2.45, 2.75) is 32.5 Å². The van der Waals surface area contributed by atoms with E-state index in [1.54, 1.807) is 6.92 Å². The SMILES string of the molecule is CC[C@H](C)NC(=O)C(=O)N/N=C\c1ccc(OCC(=O)Nc2ccccc2C(F)(F)F)c(OC)c1. The Labute approximate surface area is 199 Å². The standard InChI is InChI=1S/C23H25F3N4O5/c1-4-14(2)28-21(32)22(33)30-27-12-15-9-10-18(19(11-15)34-3)35-13-20(31)29-17-8-6-5-7-16(17)23(24,25)26/h5-12,14H,4,13H2,1-3H3,(H,28,32)(H,29,31)(H,30,33)/b27-12-/t14-/m0/s1. The van der Waals surface area contributed by atoms with Gasteiger partial charge in [0, 0.05) is 6.04 Å². The Morgan fingerprint density at radius 1 is 1.09 bits per heavy atom. The minimum atomic E-state index is -4.62. The average molecular weight is 494 g/mol. The number of halogens is 3. The fraction of sp³-hybridized carbons (Fsp3) is 0.304. The number of benzene rings is 2. The molecule has 0 aromatic heterocycles. The lowest BCUT2D eigenvalue weighted by molar-refractivity contribution is -0.139. The molecule has 0 radical (unpaired) electrons. The van der Waals surface area contributed by atoms with Crippen LogP contribution in [0.5, 0.6) is 11.5 Å². The third-order valence-corrected chi connectivity index (χ3v) is 4.63. The summed E-state index contributed by atoms with van der Waals surface area (Å²) in [6.45, 7) is 3.05. The molecule has 35 heavy (non-hydrogen) atoms. The summed E-state index contributed by atoms with van der Waals surface area (Å²) in [4.78, 5) is 35.6. The Bertz CT molecular complexity index is 1090. The van der Waals surface area contributed by atoms with Gasteiger partial charge in [0.15, 0.2) is 18.1 Å². The first-order valence-electron chi connectivity index (χ1n) is 10.5. The van der Waals surface area contributed by atoms with Gasteiger partial charge in [0.1, 0.15) is 0 Å². The van der Waals surface area contributed by atoms with E-state index in [2.05, 4.69) is 21.2 Å². The number of ether oxygens (including phenoxy) is 2. The molecule has 3 amide bonds. The molecular formula is C23H25F3N4O5. The number of hydrazone groups is 1. The first kappa shape index (κ1) is 27.2. The van der Waals surface area contributed by atoms with Crippen LogP contribution in [0.3, 0.4) is 0 Å². The van der Waals surface area contributed by atoms with Crippen molar-refractivity contribution in [3.8, 4) is 11.5 Å². The van der Waals surface area contributed by atoms with Crippen LogP contribution >= 0.6 is 0 Å². The van der Waals surface area contributed by atoms with Crippen LogP contribution in [0.15, 0.2) is 47.6 Å². The zero-order valence-electron chi connectivity index (χ0n) is 19.2. The van der Waals surface area contributed by atoms with E-state index in [0.717, 1.165) is 12.1 Å². The van der Waals surface area contributed by atoms with E-state index in [4.69, 9.17) is 9.47 Å². The number of rotatable bonds is 9. The Morgan fingerprint density at radius 2 is 1.80 bits per heavy atom. The largest absolute Gasteiger partial charge is 0.493 e. The summed E-state index contributed by atoms with van der Waals surface area (Å²) >= 11 is 0. The number of hydrogen-bond acceptors (Lipinski definition) is 6. The number of carbonyl (C=O) groups is 3. The minimum Gasteiger partial charge on any atom is -0.493 e. The maximum atomic E-state index is 13.1. The summed E-state index contributed by atoms with van der Waals surface area (Å²) in [7, 11) is 1.35. The fourth-order valence-corrected chi connectivity index (χ4v) is 2.66. The molecule has 0 unspecified atom stereocenters. The number of para-hydroxylation sites is 1. The van der Waals surface area contributed by atoms with Crippen molar-refractivity contribution in [3.63, 3.8) is 0 Å². The highest BCUT2D eigenvalue weighted by molar-refractivity contribution is 6.35. The predicted octanol–water partition coefficient (Wildman–Crippen LogP) is 3.10. The molecule has 0 saturated heterocycles. The van der Waals surface area contributed by atoms with Crippen LogP contribution in [0, 0.1) is 0 Å². The third kappa shape index (κ3) is 8.32. The lowest BCUT2D eigenvalue weighted by atomic mass is 10.1. The van der Waals surface area contributed by atoms with E-state index < -0.39 is 36.1 Å². The smallest absolute Gasteiger partial charge is 0.418 e. The lowest BCUT2D eigenvalue weighted by Gasteiger charge is -2.14. The van der Waals surface area contributed by atoms with Crippen molar-refractivity contribution in [3.05, 3.63) is 53.6 Å². The summed E-state index contributed by atoms with van der Waals surface area (Å²) < 4.78 is 49.8. The molecule has 2 aromatic carbocycles.